The Kier molecular flexibility index (Phi) is 18.4. The van der Waals surface area contributed by atoms with Gasteiger partial charge in [-0.05, 0) is 36.2 Å². The third-order valence-electron chi connectivity index (χ3n) is 6.26. The molecule has 2 N–H and O–H groups in total. The van der Waals surface area contributed by atoms with Gasteiger partial charge in [0, 0.05) is 25.1 Å². The highest BCUT2D eigenvalue weighted by Gasteiger charge is 2.20. The van der Waals surface area contributed by atoms with Crippen molar-refractivity contribution in [1.29, 1.82) is 0 Å². The number of unbranched alkanes of at least 4 members (excludes halogenated alkanes) is 6. The van der Waals surface area contributed by atoms with Crippen LogP contribution >= 0.6 is 0 Å². The molecule has 0 aliphatic carbocycles. The van der Waals surface area contributed by atoms with Crippen molar-refractivity contribution in [3.05, 3.63) is 94.0 Å². The third-order valence-corrected chi connectivity index (χ3v) is 7.69. The highest BCUT2D eigenvalue weighted by Crippen LogP contribution is 2.28. The number of nitrogens with zero attached hydrogens (tertiary/aromatic N) is 1. The Morgan fingerprint density at radius 3 is 2.14 bits per heavy atom. The van der Waals surface area contributed by atoms with Gasteiger partial charge in [0.05, 0.1) is 10.6 Å². The van der Waals surface area contributed by atoms with E-state index >= 15 is 0 Å². The van der Waals surface area contributed by atoms with Gasteiger partial charge in [0.25, 0.3) is 10.0 Å². The predicted octanol–water partition coefficient (Wildman–Crippen LogP) is 7.69. The van der Waals surface area contributed by atoms with Gasteiger partial charge >= 0.3 is 5.69 Å². The van der Waals surface area contributed by atoms with E-state index in [4.69, 9.17) is 4.74 Å². The van der Waals surface area contributed by atoms with Crippen molar-refractivity contribution in [3.8, 4) is 5.75 Å². The monoisotopic (exact) mass is 627 g/mol. The van der Waals surface area contributed by atoms with Crippen molar-refractivity contribution in [3.63, 3.8) is 0 Å². The minimum atomic E-state index is -3.82. The standard InChI is InChI=1S/C17H28N2O3S.C14H11NO4.C2H6/c1-3-4-5-6-7-8-9-14-17(20)19-23(21,22)16-13-11-10-12-15(16)18-2;16-9-12-6-7-13(15(17)18)14(8-12)19-10-11-4-2-1-3-5-11;1-2/h10-13,18H,3-9,14H2,1-2H3,(H,19,20);1-9H,10H2;1-2H3. The molecule has 3 rings (SSSR count). The number of nitro benzene ring substituents is 1. The Bertz CT molecular complexity index is 1400. The topological polar surface area (TPSA) is 145 Å². The van der Waals surface area contributed by atoms with Gasteiger partial charge in [0.1, 0.15) is 17.8 Å². The molecule has 3 aromatic rings. The number of aldehydes is 1. The number of ether oxygens (including phenoxy) is 1. The van der Waals surface area contributed by atoms with Crippen LogP contribution < -0.4 is 14.8 Å². The molecule has 0 spiro atoms. The van der Waals surface area contributed by atoms with E-state index in [1.807, 2.05) is 44.2 Å². The molecular weight excluding hydrogens is 582 g/mol. The molecule has 0 atom stereocenters. The average molecular weight is 628 g/mol. The van der Waals surface area contributed by atoms with Gasteiger partial charge in [-0.2, -0.15) is 0 Å². The number of nitrogens with one attached hydrogen (secondary N) is 2. The second kappa shape index (κ2) is 21.4. The lowest BCUT2D eigenvalue weighted by Crippen LogP contribution is -2.30. The van der Waals surface area contributed by atoms with Gasteiger partial charge in [-0.15, -0.1) is 0 Å². The van der Waals surface area contributed by atoms with Crippen LogP contribution in [0.4, 0.5) is 11.4 Å². The first kappa shape index (κ1) is 37.8. The van der Waals surface area contributed by atoms with E-state index in [0.717, 1.165) is 24.8 Å². The first-order chi connectivity index (χ1) is 21.2. The van der Waals surface area contributed by atoms with Crippen molar-refractivity contribution >= 4 is 33.6 Å². The van der Waals surface area contributed by atoms with Crippen LogP contribution in [0.5, 0.6) is 5.75 Å². The quantitative estimate of drug-likeness (QED) is 0.0712. The number of rotatable bonds is 16. The molecule has 10 nitrogen and oxygen atoms in total. The summed E-state index contributed by atoms with van der Waals surface area (Å²) in [6.07, 6.45) is 8.54. The van der Waals surface area contributed by atoms with Gasteiger partial charge in [0.15, 0.2) is 5.75 Å². The summed E-state index contributed by atoms with van der Waals surface area (Å²) in [5.41, 5.74) is 1.56. The van der Waals surface area contributed by atoms with Crippen molar-refractivity contribution < 1.29 is 27.7 Å². The summed E-state index contributed by atoms with van der Waals surface area (Å²) < 4.78 is 32.1. The summed E-state index contributed by atoms with van der Waals surface area (Å²) in [6, 6.07) is 19.8. The normalized spacial score (nSPS) is 10.3. The van der Waals surface area contributed by atoms with Gasteiger partial charge in [-0.25, -0.2) is 13.1 Å². The maximum Gasteiger partial charge on any atom is 0.310 e. The Hall–Kier alpha value is -4.25. The van der Waals surface area contributed by atoms with E-state index in [1.54, 1.807) is 25.2 Å². The molecule has 0 aliphatic heterocycles. The number of nitro groups is 1. The smallest absolute Gasteiger partial charge is 0.310 e. The fourth-order valence-corrected chi connectivity index (χ4v) is 5.24. The molecule has 0 saturated carbocycles. The van der Waals surface area contributed by atoms with E-state index in [2.05, 4.69) is 17.0 Å². The van der Waals surface area contributed by atoms with Crippen LogP contribution in [-0.2, 0) is 21.4 Å². The molecule has 0 radical (unpaired) electrons. The number of carbonyl (C=O) groups excluding carboxylic acids is 2. The second-order valence-electron chi connectivity index (χ2n) is 9.52. The van der Waals surface area contributed by atoms with Crippen molar-refractivity contribution in [2.45, 2.75) is 83.6 Å². The third kappa shape index (κ3) is 13.8. The largest absolute Gasteiger partial charge is 0.482 e. The molecule has 0 bridgehead atoms. The summed E-state index contributed by atoms with van der Waals surface area (Å²) in [4.78, 5) is 33.0. The minimum Gasteiger partial charge on any atom is -0.482 e. The van der Waals surface area contributed by atoms with Gasteiger partial charge in [0.2, 0.25) is 5.91 Å². The van der Waals surface area contributed by atoms with Crippen LogP contribution in [0.2, 0.25) is 0 Å². The van der Waals surface area contributed by atoms with Gasteiger partial charge in [-0.3, -0.25) is 19.7 Å². The zero-order valence-electron chi connectivity index (χ0n) is 26.1. The summed E-state index contributed by atoms with van der Waals surface area (Å²) in [5.74, 6) is -0.345. The summed E-state index contributed by atoms with van der Waals surface area (Å²) >= 11 is 0. The lowest BCUT2D eigenvalue weighted by molar-refractivity contribution is -0.385. The van der Waals surface area contributed by atoms with Gasteiger partial charge in [-0.1, -0.05) is 102 Å². The zero-order valence-corrected chi connectivity index (χ0v) is 26.9. The summed E-state index contributed by atoms with van der Waals surface area (Å²) in [5, 5.41) is 13.7. The Morgan fingerprint density at radius 1 is 0.909 bits per heavy atom. The number of para-hydroxylation sites is 1. The number of sulfonamides is 1. The molecule has 0 aliphatic rings. The summed E-state index contributed by atoms with van der Waals surface area (Å²) in [6.45, 7) is 6.39. The molecule has 0 fully saturated rings. The van der Waals surface area contributed by atoms with E-state index in [-0.39, 0.29) is 29.4 Å². The molecule has 1 amide bonds. The van der Waals surface area contributed by atoms with Crippen molar-refractivity contribution in [1.82, 2.24) is 4.72 Å². The van der Waals surface area contributed by atoms with Crippen molar-refractivity contribution in [2.24, 2.45) is 0 Å². The number of benzene rings is 3. The number of hydrogen-bond donors (Lipinski definition) is 2. The summed E-state index contributed by atoms with van der Waals surface area (Å²) in [7, 11) is -2.17. The van der Waals surface area contributed by atoms with Crippen LogP contribution in [0.1, 0.15) is 88.1 Å². The molecule has 0 aromatic heterocycles. The SMILES string of the molecule is CC.CCCCCCCCCC(=O)NS(=O)(=O)c1ccccc1NC.O=Cc1ccc([N+](=O)[O-])c(OCc2ccccc2)c1. The van der Waals surface area contributed by atoms with Crippen LogP contribution in [0, 0.1) is 10.1 Å². The molecule has 0 unspecified atom stereocenters. The second-order valence-corrected chi connectivity index (χ2v) is 11.2. The van der Waals surface area contributed by atoms with Crippen LogP contribution in [0.25, 0.3) is 0 Å². The van der Waals surface area contributed by atoms with Gasteiger partial charge < -0.3 is 10.1 Å². The molecule has 0 saturated heterocycles. The highest BCUT2D eigenvalue weighted by atomic mass is 32.2. The van der Waals surface area contributed by atoms with E-state index in [9.17, 15) is 28.1 Å². The average Bonchev–Trinajstić information content (AvgIpc) is 3.04. The molecule has 11 heteroatoms. The first-order valence-electron chi connectivity index (χ1n) is 14.9. The lowest BCUT2D eigenvalue weighted by atomic mass is 10.1. The zero-order chi connectivity index (χ0) is 32.8. The van der Waals surface area contributed by atoms with E-state index in [0.29, 0.717) is 17.5 Å². The van der Waals surface area contributed by atoms with Crippen LogP contribution in [-0.4, -0.2) is 32.6 Å². The maximum atomic E-state index is 12.3. The highest BCUT2D eigenvalue weighted by molar-refractivity contribution is 7.90. The maximum absolute atomic E-state index is 12.3. The Labute approximate surface area is 261 Å². The molecule has 0 heterocycles. The van der Waals surface area contributed by atoms with Crippen LogP contribution in [0.15, 0.2) is 77.7 Å². The van der Waals surface area contributed by atoms with Crippen molar-refractivity contribution in [2.75, 3.05) is 12.4 Å². The number of carbonyl (C=O) groups is 2. The fourth-order valence-electron chi connectivity index (χ4n) is 4.01. The Balaban J connectivity index is 0.000000422. The predicted molar refractivity (Wildman–Crippen MR) is 175 cm³/mol. The molecule has 240 valence electrons. The van der Waals surface area contributed by atoms with E-state index in [1.165, 1.54) is 49.9 Å². The van der Waals surface area contributed by atoms with Crippen LogP contribution in [0.3, 0.4) is 0 Å². The first-order valence-corrected chi connectivity index (χ1v) is 16.4. The minimum absolute atomic E-state index is 0.0930. The van der Waals surface area contributed by atoms with E-state index < -0.39 is 20.9 Å². The number of hydrogen-bond acceptors (Lipinski definition) is 8. The molecule has 44 heavy (non-hydrogen) atoms. The Morgan fingerprint density at radius 2 is 1.52 bits per heavy atom. The number of amides is 1. The molecular formula is C33H45N3O7S. The fraction of sp³-hybridized carbons (Fsp3) is 0.394. The molecule has 3 aromatic carbocycles. The lowest BCUT2D eigenvalue weighted by Gasteiger charge is -2.11. The number of anilines is 1.